The van der Waals surface area contributed by atoms with Gasteiger partial charge in [0.2, 0.25) is 0 Å². The van der Waals surface area contributed by atoms with Crippen LogP contribution >= 0.6 is 0 Å². The van der Waals surface area contributed by atoms with Crippen LogP contribution in [0.15, 0.2) is 0 Å². The van der Waals surface area contributed by atoms with E-state index in [2.05, 4.69) is 0 Å². The molecule has 1 heterocycles. The molecule has 76 valence electrons. The Morgan fingerprint density at radius 3 is 2.23 bits per heavy atom. The molecule has 0 radical (unpaired) electrons. The molecule has 0 aliphatic carbocycles. The van der Waals surface area contributed by atoms with Gasteiger partial charge in [-0.05, 0) is 6.92 Å². The Bertz CT molecular complexity index is 205. The quantitative estimate of drug-likeness (QED) is 0.476. The number of aliphatic hydroxyl groups excluding tert-OH is 3. The van der Waals surface area contributed by atoms with Crippen LogP contribution in [0.1, 0.15) is 13.8 Å². The maximum atomic E-state index is 11.0. The van der Waals surface area contributed by atoms with Crippen molar-refractivity contribution in [2.24, 2.45) is 5.92 Å². The lowest BCUT2D eigenvalue weighted by atomic mass is 9.89. The minimum Gasteiger partial charge on any atom is -0.390 e. The van der Waals surface area contributed by atoms with Gasteiger partial charge in [0, 0.05) is 5.92 Å². The van der Waals surface area contributed by atoms with Crippen molar-refractivity contribution in [3.8, 4) is 0 Å². The van der Waals surface area contributed by atoms with E-state index < -0.39 is 30.5 Å². The first-order chi connectivity index (χ1) is 5.95. The summed E-state index contributed by atoms with van der Waals surface area (Å²) in [5, 5.41) is 27.7. The molecular weight excluding hydrogens is 176 g/mol. The van der Waals surface area contributed by atoms with E-state index in [0.29, 0.717) is 0 Å². The van der Waals surface area contributed by atoms with Gasteiger partial charge in [-0.1, -0.05) is 6.92 Å². The Morgan fingerprint density at radius 1 is 1.23 bits per heavy atom. The molecule has 1 fully saturated rings. The molecule has 0 aromatic heterocycles. The summed E-state index contributed by atoms with van der Waals surface area (Å²) in [6, 6.07) is 0. The number of aliphatic hydroxyl groups is 3. The van der Waals surface area contributed by atoms with E-state index >= 15 is 0 Å². The van der Waals surface area contributed by atoms with Crippen LogP contribution in [0.2, 0.25) is 0 Å². The second-order valence-corrected chi connectivity index (χ2v) is 3.40. The van der Waals surface area contributed by atoms with Gasteiger partial charge >= 0.3 is 0 Å². The van der Waals surface area contributed by atoms with Crippen molar-refractivity contribution in [3.05, 3.63) is 0 Å². The predicted molar refractivity (Wildman–Crippen MR) is 42.7 cm³/mol. The molecule has 0 aromatic rings. The van der Waals surface area contributed by atoms with E-state index in [9.17, 15) is 15.0 Å². The molecule has 1 aliphatic rings. The summed E-state index contributed by atoms with van der Waals surface area (Å²) in [7, 11) is 0. The number of carbonyl (C=O) groups excluding carboxylic acids is 1. The van der Waals surface area contributed by atoms with Crippen molar-refractivity contribution in [3.63, 3.8) is 0 Å². The van der Waals surface area contributed by atoms with Crippen LogP contribution < -0.4 is 0 Å². The number of hydrogen-bond donors (Lipinski definition) is 3. The minimum absolute atomic E-state index is 0.266. The van der Waals surface area contributed by atoms with Crippen molar-refractivity contribution in [2.45, 2.75) is 38.4 Å². The van der Waals surface area contributed by atoms with Crippen LogP contribution in [-0.4, -0.2) is 45.7 Å². The number of ketones is 1. The molecule has 0 amide bonds. The molecule has 1 aliphatic heterocycles. The van der Waals surface area contributed by atoms with Gasteiger partial charge in [-0.15, -0.1) is 0 Å². The van der Waals surface area contributed by atoms with Gasteiger partial charge in [-0.25, -0.2) is 0 Å². The van der Waals surface area contributed by atoms with Crippen molar-refractivity contribution >= 4 is 5.78 Å². The van der Waals surface area contributed by atoms with Gasteiger partial charge in [0.15, 0.2) is 12.1 Å². The molecule has 1 rings (SSSR count). The zero-order chi connectivity index (χ0) is 10.2. The zero-order valence-electron chi connectivity index (χ0n) is 7.54. The molecule has 5 unspecified atom stereocenters. The Hall–Kier alpha value is -0.490. The number of Topliss-reactive ketones (excluding diaryl/α,β-unsaturated/α-hetero) is 1. The number of carbonyl (C=O) groups is 1. The maximum absolute atomic E-state index is 11.0. The van der Waals surface area contributed by atoms with Gasteiger partial charge < -0.3 is 20.1 Å². The maximum Gasteiger partial charge on any atom is 0.184 e. The Kier molecular flexibility index (Phi) is 3.02. The number of ether oxygens (including phenoxy) is 1. The van der Waals surface area contributed by atoms with E-state index in [-0.39, 0.29) is 5.78 Å². The summed E-state index contributed by atoms with van der Waals surface area (Å²) < 4.78 is 4.84. The van der Waals surface area contributed by atoms with Gasteiger partial charge in [0.05, 0.1) is 6.10 Å². The molecular formula is C8H14O5. The highest BCUT2D eigenvalue weighted by Crippen LogP contribution is 2.25. The summed E-state index contributed by atoms with van der Waals surface area (Å²) in [6.07, 6.45) is -4.79. The first-order valence-corrected chi connectivity index (χ1v) is 4.15. The van der Waals surface area contributed by atoms with Crippen LogP contribution in [-0.2, 0) is 9.53 Å². The fraction of sp³-hybridized carbons (Fsp3) is 0.875. The third kappa shape index (κ3) is 1.88. The SMILES string of the molecule is CC(=O)C1OC(O)C(O)C(O)C1C. The smallest absolute Gasteiger partial charge is 0.184 e. The van der Waals surface area contributed by atoms with E-state index in [1.165, 1.54) is 6.92 Å². The predicted octanol–water partition coefficient (Wildman–Crippen LogP) is -1.35. The van der Waals surface area contributed by atoms with Gasteiger partial charge in [-0.3, -0.25) is 4.79 Å². The second-order valence-electron chi connectivity index (χ2n) is 3.40. The van der Waals surface area contributed by atoms with Crippen LogP contribution in [0.25, 0.3) is 0 Å². The second kappa shape index (κ2) is 3.71. The topological polar surface area (TPSA) is 87.0 Å². The fourth-order valence-corrected chi connectivity index (χ4v) is 1.48. The molecule has 5 heteroatoms. The highest BCUT2D eigenvalue weighted by atomic mass is 16.6. The summed E-state index contributed by atoms with van der Waals surface area (Å²) in [5.74, 6) is -0.770. The van der Waals surface area contributed by atoms with E-state index in [1.807, 2.05) is 0 Å². The molecule has 0 spiro atoms. The summed E-state index contributed by atoms with van der Waals surface area (Å²) in [6.45, 7) is 2.91. The van der Waals surface area contributed by atoms with Crippen molar-refractivity contribution in [1.82, 2.24) is 0 Å². The molecule has 13 heavy (non-hydrogen) atoms. The molecule has 3 N–H and O–H groups in total. The summed E-state index contributed by atoms with van der Waals surface area (Å²) in [5.41, 5.74) is 0. The first-order valence-electron chi connectivity index (χ1n) is 4.15. The van der Waals surface area contributed by atoms with E-state index in [4.69, 9.17) is 9.84 Å². The van der Waals surface area contributed by atoms with Gasteiger partial charge in [0.1, 0.15) is 12.2 Å². The summed E-state index contributed by atoms with van der Waals surface area (Å²) in [4.78, 5) is 11.0. The molecule has 5 atom stereocenters. The normalized spacial score (nSPS) is 46.1. The lowest BCUT2D eigenvalue weighted by molar-refractivity contribution is -0.260. The lowest BCUT2D eigenvalue weighted by Crippen LogP contribution is -2.55. The third-order valence-electron chi connectivity index (χ3n) is 2.35. The molecule has 0 aromatic carbocycles. The fourth-order valence-electron chi connectivity index (χ4n) is 1.48. The van der Waals surface area contributed by atoms with Crippen LogP contribution in [0.5, 0.6) is 0 Å². The van der Waals surface area contributed by atoms with Gasteiger partial charge in [0.25, 0.3) is 0 Å². The first kappa shape index (κ1) is 10.6. The average molecular weight is 190 g/mol. The zero-order valence-corrected chi connectivity index (χ0v) is 7.54. The summed E-state index contributed by atoms with van der Waals surface area (Å²) >= 11 is 0. The third-order valence-corrected chi connectivity index (χ3v) is 2.35. The Morgan fingerprint density at radius 2 is 1.77 bits per heavy atom. The molecule has 5 nitrogen and oxygen atoms in total. The molecule has 1 saturated heterocycles. The lowest BCUT2D eigenvalue weighted by Gasteiger charge is -2.38. The average Bonchev–Trinajstić information content (AvgIpc) is 2.07. The van der Waals surface area contributed by atoms with Crippen LogP contribution in [0.4, 0.5) is 0 Å². The Balaban J connectivity index is 2.76. The molecule has 0 saturated carbocycles. The van der Waals surface area contributed by atoms with E-state index in [1.54, 1.807) is 6.92 Å². The van der Waals surface area contributed by atoms with Gasteiger partial charge in [-0.2, -0.15) is 0 Å². The Labute approximate surface area is 75.9 Å². The largest absolute Gasteiger partial charge is 0.390 e. The van der Waals surface area contributed by atoms with E-state index in [0.717, 1.165) is 0 Å². The van der Waals surface area contributed by atoms with Crippen LogP contribution in [0, 0.1) is 5.92 Å². The van der Waals surface area contributed by atoms with Crippen molar-refractivity contribution in [1.29, 1.82) is 0 Å². The minimum atomic E-state index is -1.49. The highest BCUT2D eigenvalue weighted by molar-refractivity contribution is 5.81. The molecule has 0 bridgehead atoms. The highest BCUT2D eigenvalue weighted by Gasteiger charge is 2.43. The van der Waals surface area contributed by atoms with Crippen molar-refractivity contribution < 1.29 is 24.9 Å². The van der Waals surface area contributed by atoms with Crippen molar-refractivity contribution in [2.75, 3.05) is 0 Å². The monoisotopic (exact) mass is 190 g/mol. The number of rotatable bonds is 1. The van der Waals surface area contributed by atoms with Crippen LogP contribution in [0.3, 0.4) is 0 Å². The number of hydrogen-bond acceptors (Lipinski definition) is 5. The standard InChI is InChI=1S/C8H14O5/c1-3-5(10)6(11)8(12)13-7(3)4(2)9/h3,5-8,10-12H,1-2H3.